The Morgan fingerprint density at radius 1 is 1.58 bits per heavy atom. The minimum Gasteiger partial charge on any atom is -0.304 e. The summed E-state index contributed by atoms with van der Waals surface area (Å²) in [4.78, 5) is 4.49. The highest BCUT2D eigenvalue weighted by molar-refractivity contribution is 7.93. The van der Waals surface area contributed by atoms with Gasteiger partial charge in [-0.05, 0) is 20.3 Å². The van der Waals surface area contributed by atoms with E-state index in [1.165, 1.54) is 0 Å². The molecule has 1 unspecified atom stereocenters. The molecule has 1 rings (SSSR count). The molecule has 5 heteroatoms. The van der Waals surface area contributed by atoms with Gasteiger partial charge in [-0.2, -0.15) is 0 Å². The van der Waals surface area contributed by atoms with E-state index in [0.717, 1.165) is 0 Å². The predicted octanol–water partition coefficient (Wildman–Crippen LogP) is 0.0900. The Labute approximate surface area is 73.0 Å². The standard InChI is InChI=1S/C7H15NO3S/c1-7(2)6(5-11-8)3-4-12(7,9)10/h6H,3-5,8H2,1-2H3. The van der Waals surface area contributed by atoms with E-state index in [2.05, 4.69) is 4.84 Å². The molecule has 0 aromatic heterocycles. The number of nitrogens with two attached hydrogens (primary N) is 1. The summed E-state index contributed by atoms with van der Waals surface area (Å²) in [6, 6.07) is 0. The molecular formula is C7H15NO3S. The molecule has 4 nitrogen and oxygen atoms in total. The molecule has 0 aromatic rings. The fourth-order valence-corrected chi connectivity index (χ4v) is 3.38. The summed E-state index contributed by atoms with van der Waals surface area (Å²) in [6.45, 7) is 3.80. The van der Waals surface area contributed by atoms with Gasteiger partial charge in [0.05, 0.1) is 17.1 Å². The zero-order valence-corrected chi connectivity index (χ0v) is 8.23. The second-order valence-electron chi connectivity index (χ2n) is 3.74. The summed E-state index contributed by atoms with van der Waals surface area (Å²) in [5.41, 5.74) is 0. The van der Waals surface area contributed by atoms with Crippen LogP contribution in [-0.2, 0) is 14.7 Å². The summed E-state index contributed by atoms with van der Waals surface area (Å²) in [5, 5.41) is 0. The summed E-state index contributed by atoms with van der Waals surface area (Å²) >= 11 is 0. The van der Waals surface area contributed by atoms with Crippen LogP contribution < -0.4 is 5.90 Å². The van der Waals surface area contributed by atoms with Crippen LogP contribution in [0.1, 0.15) is 20.3 Å². The molecule has 72 valence electrons. The van der Waals surface area contributed by atoms with Gasteiger partial charge in [0.2, 0.25) is 0 Å². The third-order valence-electron chi connectivity index (χ3n) is 2.82. The Bertz CT molecular complexity index is 258. The molecular weight excluding hydrogens is 178 g/mol. The van der Waals surface area contributed by atoms with Gasteiger partial charge in [0.15, 0.2) is 9.84 Å². The van der Waals surface area contributed by atoms with E-state index >= 15 is 0 Å². The van der Waals surface area contributed by atoms with Crippen molar-refractivity contribution in [1.29, 1.82) is 0 Å². The highest BCUT2D eigenvalue weighted by Gasteiger charge is 2.47. The van der Waals surface area contributed by atoms with Crippen LogP contribution in [0.2, 0.25) is 0 Å². The molecule has 1 fully saturated rings. The SMILES string of the molecule is CC1(C)C(CON)CCS1(=O)=O. The van der Waals surface area contributed by atoms with E-state index in [9.17, 15) is 8.42 Å². The van der Waals surface area contributed by atoms with Crippen molar-refractivity contribution in [2.75, 3.05) is 12.4 Å². The third-order valence-corrected chi connectivity index (χ3v) is 5.53. The summed E-state index contributed by atoms with van der Waals surface area (Å²) in [5.74, 6) is 5.22. The molecule has 1 aliphatic rings. The monoisotopic (exact) mass is 193 g/mol. The van der Waals surface area contributed by atoms with Gasteiger partial charge < -0.3 is 4.84 Å². The van der Waals surface area contributed by atoms with Gasteiger partial charge in [-0.1, -0.05) is 0 Å². The van der Waals surface area contributed by atoms with Crippen molar-refractivity contribution in [1.82, 2.24) is 0 Å². The van der Waals surface area contributed by atoms with Crippen LogP contribution in [0.4, 0.5) is 0 Å². The molecule has 2 N–H and O–H groups in total. The van der Waals surface area contributed by atoms with Crippen molar-refractivity contribution in [3.8, 4) is 0 Å². The zero-order valence-electron chi connectivity index (χ0n) is 7.41. The van der Waals surface area contributed by atoms with E-state index in [1.54, 1.807) is 13.8 Å². The fourth-order valence-electron chi connectivity index (χ4n) is 1.56. The second kappa shape index (κ2) is 2.97. The minimum atomic E-state index is -2.93. The Morgan fingerprint density at radius 3 is 2.50 bits per heavy atom. The summed E-state index contributed by atoms with van der Waals surface area (Å²) in [6.07, 6.45) is 0.659. The smallest absolute Gasteiger partial charge is 0.155 e. The Morgan fingerprint density at radius 2 is 2.17 bits per heavy atom. The molecule has 1 saturated heterocycles. The van der Waals surface area contributed by atoms with Crippen molar-refractivity contribution in [2.45, 2.75) is 25.0 Å². The van der Waals surface area contributed by atoms with Gasteiger partial charge >= 0.3 is 0 Å². The van der Waals surface area contributed by atoms with Crippen molar-refractivity contribution in [3.63, 3.8) is 0 Å². The molecule has 0 saturated carbocycles. The van der Waals surface area contributed by atoms with Gasteiger partial charge in [-0.25, -0.2) is 14.3 Å². The first-order valence-corrected chi connectivity index (χ1v) is 5.61. The largest absolute Gasteiger partial charge is 0.304 e. The lowest BCUT2D eigenvalue weighted by Crippen LogP contribution is -2.36. The topological polar surface area (TPSA) is 69.4 Å². The average Bonchev–Trinajstić information content (AvgIpc) is 2.13. The second-order valence-corrected chi connectivity index (χ2v) is 6.43. The molecule has 0 amide bonds. The Kier molecular flexibility index (Phi) is 2.47. The van der Waals surface area contributed by atoms with Gasteiger partial charge in [0, 0.05) is 5.92 Å². The van der Waals surface area contributed by atoms with E-state index in [4.69, 9.17) is 5.90 Å². The van der Waals surface area contributed by atoms with Crippen LogP contribution in [0.3, 0.4) is 0 Å². The normalized spacial score (nSPS) is 32.1. The maximum absolute atomic E-state index is 11.5. The first kappa shape index (κ1) is 9.95. The average molecular weight is 193 g/mol. The molecule has 0 aromatic carbocycles. The van der Waals surface area contributed by atoms with Crippen molar-refractivity contribution >= 4 is 9.84 Å². The molecule has 0 spiro atoms. The van der Waals surface area contributed by atoms with Gasteiger partial charge in [-0.15, -0.1) is 0 Å². The van der Waals surface area contributed by atoms with Gasteiger partial charge in [-0.3, -0.25) is 0 Å². The lowest BCUT2D eigenvalue weighted by molar-refractivity contribution is 0.0917. The van der Waals surface area contributed by atoms with Crippen molar-refractivity contribution in [3.05, 3.63) is 0 Å². The van der Waals surface area contributed by atoms with Crippen molar-refractivity contribution in [2.24, 2.45) is 11.8 Å². The van der Waals surface area contributed by atoms with Crippen LogP contribution in [0.15, 0.2) is 0 Å². The molecule has 12 heavy (non-hydrogen) atoms. The molecule has 1 aliphatic heterocycles. The van der Waals surface area contributed by atoms with Crippen LogP contribution in [0.25, 0.3) is 0 Å². The Balaban J connectivity index is 2.86. The Hall–Kier alpha value is -0.130. The summed E-state index contributed by atoms with van der Waals surface area (Å²) < 4.78 is 22.3. The molecule has 0 radical (unpaired) electrons. The van der Waals surface area contributed by atoms with E-state index in [-0.39, 0.29) is 11.7 Å². The highest BCUT2D eigenvalue weighted by atomic mass is 32.2. The number of hydrogen-bond acceptors (Lipinski definition) is 4. The first-order chi connectivity index (χ1) is 5.42. The van der Waals surface area contributed by atoms with Crippen LogP contribution in [0, 0.1) is 5.92 Å². The lowest BCUT2D eigenvalue weighted by Gasteiger charge is -2.24. The first-order valence-electron chi connectivity index (χ1n) is 3.96. The van der Waals surface area contributed by atoms with E-state index in [1.807, 2.05) is 0 Å². The van der Waals surface area contributed by atoms with Crippen LogP contribution >= 0.6 is 0 Å². The van der Waals surface area contributed by atoms with Crippen LogP contribution in [-0.4, -0.2) is 25.5 Å². The highest BCUT2D eigenvalue weighted by Crippen LogP contribution is 2.36. The van der Waals surface area contributed by atoms with Crippen LogP contribution in [0.5, 0.6) is 0 Å². The maximum Gasteiger partial charge on any atom is 0.155 e. The molecule has 1 heterocycles. The maximum atomic E-state index is 11.5. The zero-order chi connectivity index (χ0) is 9.41. The number of hydrogen-bond donors (Lipinski definition) is 1. The number of rotatable bonds is 2. The van der Waals surface area contributed by atoms with Crippen molar-refractivity contribution < 1.29 is 13.3 Å². The minimum absolute atomic E-state index is 0.0347. The van der Waals surface area contributed by atoms with E-state index in [0.29, 0.717) is 13.0 Å². The number of sulfone groups is 1. The quantitative estimate of drug-likeness (QED) is 0.631. The molecule has 0 aliphatic carbocycles. The predicted molar refractivity (Wildman–Crippen MR) is 46.1 cm³/mol. The lowest BCUT2D eigenvalue weighted by atomic mass is 9.94. The fraction of sp³-hybridized carbons (Fsp3) is 1.00. The van der Waals surface area contributed by atoms with Gasteiger partial charge in [0.25, 0.3) is 0 Å². The summed E-state index contributed by atoms with van der Waals surface area (Å²) in [7, 11) is -2.93. The molecule has 0 bridgehead atoms. The molecule has 1 atom stereocenters. The third kappa shape index (κ3) is 1.36. The van der Waals surface area contributed by atoms with Gasteiger partial charge in [0.1, 0.15) is 0 Å². The van der Waals surface area contributed by atoms with E-state index < -0.39 is 14.6 Å².